The number of ketones is 1. The van der Waals surface area contributed by atoms with E-state index in [1.807, 2.05) is 30.1 Å². The molecule has 1 heterocycles. The molecule has 0 amide bonds. The molecule has 1 aromatic heterocycles. The molecule has 1 aromatic carbocycles. The lowest BCUT2D eigenvalue weighted by Gasteiger charge is -2.04. The highest BCUT2D eigenvalue weighted by molar-refractivity contribution is 8.00. The summed E-state index contributed by atoms with van der Waals surface area (Å²) in [7, 11) is 1.92. The van der Waals surface area contributed by atoms with E-state index < -0.39 is 0 Å². The Balaban J connectivity index is 1.99. The van der Waals surface area contributed by atoms with E-state index in [1.54, 1.807) is 11.8 Å². The van der Waals surface area contributed by atoms with Crippen LogP contribution in [0.15, 0.2) is 41.6 Å². The van der Waals surface area contributed by atoms with Crippen LogP contribution in [-0.4, -0.2) is 16.1 Å². The second-order valence-corrected chi connectivity index (χ2v) is 5.57. The number of benzene rings is 1. The van der Waals surface area contributed by atoms with Crippen molar-refractivity contribution in [2.24, 2.45) is 7.05 Å². The summed E-state index contributed by atoms with van der Waals surface area (Å²) in [5, 5.41) is 0. The van der Waals surface area contributed by atoms with Gasteiger partial charge in [-0.1, -0.05) is 6.07 Å². The van der Waals surface area contributed by atoms with Gasteiger partial charge in [0.1, 0.15) is 0 Å². The normalized spacial score (nSPS) is 10.6. The van der Waals surface area contributed by atoms with Crippen LogP contribution in [0.1, 0.15) is 21.5 Å². The second-order valence-electron chi connectivity index (χ2n) is 4.52. The number of nitrogens with zero attached hydrogens (tertiary/aromatic N) is 1. The van der Waals surface area contributed by atoms with Gasteiger partial charge in [0.25, 0.3) is 0 Å². The number of hydrogen-bond donors (Lipinski definition) is 0. The molecule has 0 unspecified atom stereocenters. The third-order valence-electron chi connectivity index (χ3n) is 3.00. The molecule has 0 bridgehead atoms. The van der Waals surface area contributed by atoms with Gasteiger partial charge in [-0.25, -0.2) is 0 Å². The molecule has 0 saturated heterocycles. The average Bonchev–Trinajstić information content (AvgIpc) is 2.77. The van der Waals surface area contributed by atoms with Crippen LogP contribution in [0.3, 0.4) is 0 Å². The fourth-order valence-electron chi connectivity index (χ4n) is 1.70. The zero-order valence-electron chi connectivity index (χ0n) is 10.9. The van der Waals surface area contributed by atoms with Crippen molar-refractivity contribution in [1.82, 2.24) is 4.57 Å². The summed E-state index contributed by atoms with van der Waals surface area (Å²) in [6.07, 6.45) is 3.76. The van der Waals surface area contributed by atoms with E-state index in [9.17, 15) is 4.79 Å². The first-order chi connectivity index (χ1) is 8.56. The Bertz CT molecular complexity index is 572. The molecule has 0 aliphatic carbocycles. The molecule has 0 N–H and O–H groups in total. The zero-order valence-corrected chi connectivity index (χ0v) is 11.8. The number of thioether (sulfide) groups is 1. The van der Waals surface area contributed by atoms with Gasteiger partial charge in [0.05, 0.1) is 5.75 Å². The van der Waals surface area contributed by atoms with Gasteiger partial charge in [0.2, 0.25) is 0 Å². The maximum atomic E-state index is 11.9. The largest absolute Gasteiger partial charge is 0.357 e. The zero-order chi connectivity index (χ0) is 13.1. The molecule has 0 atom stereocenters. The van der Waals surface area contributed by atoms with E-state index in [-0.39, 0.29) is 5.78 Å². The summed E-state index contributed by atoms with van der Waals surface area (Å²) in [5.41, 5.74) is 3.34. The molecule has 2 aromatic rings. The molecule has 2 rings (SSSR count). The van der Waals surface area contributed by atoms with Gasteiger partial charge in [-0.3, -0.25) is 4.79 Å². The quantitative estimate of drug-likeness (QED) is 0.618. The minimum atomic E-state index is 0.179. The summed E-state index contributed by atoms with van der Waals surface area (Å²) in [6.45, 7) is 4.19. The first-order valence-corrected chi connectivity index (χ1v) is 6.90. The highest BCUT2D eigenvalue weighted by Gasteiger charge is 2.08. The van der Waals surface area contributed by atoms with Crippen molar-refractivity contribution in [3.05, 3.63) is 53.3 Å². The Morgan fingerprint density at radius 1 is 1.22 bits per heavy atom. The van der Waals surface area contributed by atoms with Crippen LogP contribution in [0.5, 0.6) is 0 Å². The predicted molar refractivity (Wildman–Crippen MR) is 76.4 cm³/mol. The van der Waals surface area contributed by atoms with Crippen LogP contribution in [-0.2, 0) is 7.05 Å². The predicted octanol–water partition coefficient (Wildman–Crippen LogP) is 3.62. The summed E-state index contributed by atoms with van der Waals surface area (Å²) in [6, 6.07) is 8.18. The van der Waals surface area contributed by atoms with Crippen molar-refractivity contribution in [1.29, 1.82) is 0 Å². The van der Waals surface area contributed by atoms with E-state index in [4.69, 9.17) is 0 Å². The Morgan fingerprint density at radius 3 is 2.61 bits per heavy atom. The van der Waals surface area contributed by atoms with Crippen LogP contribution in [0, 0.1) is 13.8 Å². The van der Waals surface area contributed by atoms with Crippen molar-refractivity contribution < 1.29 is 4.79 Å². The number of aromatic nitrogens is 1. The van der Waals surface area contributed by atoms with Crippen molar-refractivity contribution >= 4 is 17.5 Å². The third kappa shape index (κ3) is 3.05. The first-order valence-electron chi connectivity index (χ1n) is 5.91. The topological polar surface area (TPSA) is 22.0 Å². The minimum absolute atomic E-state index is 0.179. The van der Waals surface area contributed by atoms with Crippen LogP contribution in [0.25, 0.3) is 0 Å². The van der Waals surface area contributed by atoms with E-state index in [0.29, 0.717) is 5.75 Å². The third-order valence-corrected chi connectivity index (χ3v) is 4.00. The molecule has 0 spiro atoms. The molecule has 0 aliphatic rings. The molecule has 18 heavy (non-hydrogen) atoms. The first kappa shape index (κ1) is 13.0. The number of hydrogen-bond acceptors (Lipinski definition) is 2. The SMILES string of the molecule is Cc1ccc(SCC(=O)c2ccn(C)c2)cc1C. The Kier molecular flexibility index (Phi) is 3.92. The van der Waals surface area contributed by atoms with Gasteiger partial charge in [-0.2, -0.15) is 0 Å². The Morgan fingerprint density at radius 2 is 2.00 bits per heavy atom. The average molecular weight is 259 g/mol. The fourth-order valence-corrected chi connectivity index (χ4v) is 2.59. The molecular weight excluding hydrogens is 242 g/mol. The molecule has 0 fully saturated rings. The monoisotopic (exact) mass is 259 g/mol. The van der Waals surface area contributed by atoms with Gasteiger partial charge in [-0.05, 0) is 43.2 Å². The molecule has 0 aliphatic heterocycles. The Hall–Kier alpha value is -1.48. The maximum absolute atomic E-state index is 11.9. The highest BCUT2D eigenvalue weighted by Crippen LogP contribution is 2.22. The Labute approximate surface area is 112 Å². The minimum Gasteiger partial charge on any atom is -0.357 e. The number of carbonyl (C=O) groups is 1. The molecule has 94 valence electrons. The lowest BCUT2D eigenvalue weighted by molar-refractivity contribution is 0.102. The van der Waals surface area contributed by atoms with Crippen LogP contribution < -0.4 is 0 Å². The van der Waals surface area contributed by atoms with E-state index in [0.717, 1.165) is 10.5 Å². The van der Waals surface area contributed by atoms with Crippen LogP contribution in [0.4, 0.5) is 0 Å². The fraction of sp³-hybridized carbons (Fsp3) is 0.267. The molecule has 3 heteroatoms. The van der Waals surface area contributed by atoms with Crippen LogP contribution >= 0.6 is 11.8 Å². The van der Waals surface area contributed by atoms with Crippen molar-refractivity contribution in [3.8, 4) is 0 Å². The molecular formula is C15H17NOS. The molecule has 2 nitrogen and oxygen atoms in total. The summed E-state index contributed by atoms with van der Waals surface area (Å²) >= 11 is 1.60. The van der Waals surface area contributed by atoms with Crippen molar-refractivity contribution in [2.45, 2.75) is 18.7 Å². The van der Waals surface area contributed by atoms with Gasteiger partial charge < -0.3 is 4.57 Å². The summed E-state index contributed by atoms with van der Waals surface area (Å²) in [4.78, 5) is 13.1. The lowest BCUT2D eigenvalue weighted by atomic mass is 10.1. The highest BCUT2D eigenvalue weighted by atomic mass is 32.2. The maximum Gasteiger partial charge on any atom is 0.174 e. The summed E-state index contributed by atoms with van der Waals surface area (Å²) in [5.74, 6) is 0.672. The van der Waals surface area contributed by atoms with Gasteiger partial charge in [-0.15, -0.1) is 11.8 Å². The summed E-state index contributed by atoms with van der Waals surface area (Å²) < 4.78 is 1.90. The number of Topliss-reactive ketones (excluding diaryl/α,β-unsaturated/α-hetero) is 1. The number of aryl methyl sites for hydroxylation is 3. The van der Waals surface area contributed by atoms with Gasteiger partial charge in [0, 0.05) is 29.9 Å². The standard InChI is InChI=1S/C15H17NOS/c1-11-4-5-14(8-12(11)2)18-10-15(17)13-6-7-16(3)9-13/h4-9H,10H2,1-3H3. The molecule has 0 radical (unpaired) electrons. The van der Waals surface area contributed by atoms with Gasteiger partial charge in [0.15, 0.2) is 5.78 Å². The van der Waals surface area contributed by atoms with Gasteiger partial charge >= 0.3 is 0 Å². The van der Waals surface area contributed by atoms with E-state index >= 15 is 0 Å². The van der Waals surface area contributed by atoms with Crippen molar-refractivity contribution in [3.63, 3.8) is 0 Å². The molecule has 0 saturated carbocycles. The van der Waals surface area contributed by atoms with Crippen LogP contribution in [0.2, 0.25) is 0 Å². The van der Waals surface area contributed by atoms with Crippen molar-refractivity contribution in [2.75, 3.05) is 5.75 Å². The number of rotatable bonds is 4. The smallest absolute Gasteiger partial charge is 0.174 e. The lowest BCUT2D eigenvalue weighted by Crippen LogP contribution is -2.00. The second kappa shape index (κ2) is 5.44. The number of carbonyl (C=O) groups excluding carboxylic acids is 1. The van der Waals surface area contributed by atoms with E-state index in [1.165, 1.54) is 11.1 Å². The van der Waals surface area contributed by atoms with E-state index in [2.05, 4.69) is 32.0 Å².